The number of hydrogen-bond donors (Lipinski definition) is 4. The zero-order chi connectivity index (χ0) is 29.6. The Balaban J connectivity index is 1.70. The van der Waals surface area contributed by atoms with Crippen molar-refractivity contribution in [3.8, 4) is 0 Å². The second-order valence-corrected chi connectivity index (χ2v) is 10.8. The first-order valence-corrected chi connectivity index (χ1v) is 14.2. The van der Waals surface area contributed by atoms with Crippen molar-refractivity contribution in [2.24, 2.45) is 5.92 Å². The standard InChI is InChI=1S/C31H42N4O6/c1-22(2)19-26(30(38)34-27(31(39)40)20-24-11-7-4-8-12-24)33-29(37)25(14-13-23-9-5-3-6-10-23)32-28(36)21-35-15-17-41-18-16-35/h3-12,22,25-27H,13-21H2,1-2H3,(H,32,36)(H,33,37)(H,34,38)(H,39,40)/t25-,26+,27+/m1/s1. The molecule has 1 aliphatic heterocycles. The number of ether oxygens (including phenoxy) is 1. The van der Waals surface area contributed by atoms with Gasteiger partial charge in [-0.2, -0.15) is 0 Å². The summed E-state index contributed by atoms with van der Waals surface area (Å²) in [6.45, 7) is 6.37. The van der Waals surface area contributed by atoms with E-state index in [-0.39, 0.29) is 24.8 Å². The molecule has 0 aromatic heterocycles. The Bertz CT molecular complexity index is 1120. The minimum Gasteiger partial charge on any atom is -0.480 e. The van der Waals surface area contributed by atoms with Gasteiger partial charge in [0.1, 0.15) is 18.1 Å². The zero-order valence-corrected chi connectivity index (χ0v) is 23.9. The number of morpholine rings is 1. The zero-order valence-electron chi connectivity index (χ0n) is 23.9. The summed E-state index contributed by atoms with van der Waals surface area (Å²) in [4.78, 5) is 53.7. The molecule has 3 rings (SSSR count). The molecule has 1 saturated heterocycles. The summed E-state index contributed by atoms with van der Waals surface area (Å²) in [5.41, 5.74) is 1.79. The SMILES string of the molecule is CC(C)C[C@H](NC(=O)[C@@H](CCc1ccccc1)NC(=O)CN1CCOCC1)C(=O)N[C@@H](Cc1ccccc1)C(=O)O. The van der Waals surface area contributed by atoms with Crippen LogP contribution < -0.4 is 16.0 Å². The summed E-state index contributed by atoms with van der Waals surface area (Å²) < 4.78 is 5.35. The molecule has 10 nitrogen and oxygen atoms in total. The van der Waals surface area contributed by atoms with Gasteiger partial charge in [0.05, 0.1) is 19.8 Å². The van der Waals surface area contributed by atoms with Crippen molar-refractivity contribution in [1.29, 1.82) is 0 Å². The predicted molar refractivity (Wildman–Crippen MR) is 155 cm³/mol. The molecule has 10 heteroatoms. The molecule has 2 aromatic carbocycles. The fourth-order valence-corrected chi connectivity index (χ4v) is 4.72. The van der Waals surface area contributed by atoms with Gasteiger partial charge < -0.3 is 25.8 Å². The molecule has 0 aliphatic carbocycles. The minimum atomic E-state index is -1.16. The molecule has 0 unspecified atom stereocenters. The molecular weight excluding hydrogens is 524 g/mol. The second-order valence-electron chi connectivity index (χ2n) is 10.8. The van der Waals surface area contributed by atoms with Crippen molar-refractivity contribution in [1.82, 2.24) is 20.9 Å². The van der Waals surface area contributed by atoms with Crippen molar-refractivity contribution in [2.45, 2.75) is 57.7 Å². The first-order chi connectivity index (χ1) is 19.7. The highest BCUT2D eigenvalue weighted by molar-refractivity contribution is 5.93. The quantitative estimate of drug-likeness (QED) is 0.258. The fourth-order valence-electron chi connectivity index (χ4n) is 4.72. The highest BCUT2D eigenvalue weighted by Crippen LogP contribution is 2.11. The number of nitrogens with zero attached hydrogens (tertiary/aromatic N) is 1. The molecule has 1 fully saturated rings. The van der Waals surface area contributed by atoms with Crippen molar-refractivity contribution in [2.75, 3.05) is 32.8 Å². The van der Waals surface area contributed by atoms with E-state index in [2.05, 4.69) is 16.0 Å². The van der Waals surface area contributed by atoms with Crippen LogP contribution in [0.1, 0.15) is 37.8 Å². The Morgan fingerprint density at radius 2 is 1.37 bits per heavy atom. The maximum Gasteiger partial charge on any atom is 0.326 e. The van der Waals surface area contributed by atoms with Gasteiger partial charge >= 0.3 is 5.97 Å². The van der Waals surface area contributed by atoms with E-state index in [0.29, 0.717) is 45.6 Å². The van der Waals surface area contributed by atoms with Crippen LogP contribution in [0.15, 0.2) is 60.7 Å². The summed E-state index contributed by atoms with van der Waals surface area (Å²) >= 11 is 0. The highest BCUT2D eigenvalue weighted by Gasteiger charge is 2.30. The number of carboxylic acids is 1. The number of hydrogen-bond acceptors (Lipinski definition) is 6. The Hall–Kier alpha value is -3.76. The lowest BCUT2D eigenvalue weighted by atomic mass is 10.00. The van der Waals surface area contributed by atoms with Crippen LogP contribution in [0.3, 0.4) is 0 Å². The maximum absolute atomic E-state index is 13.5. The summed E-state index contributed by atoms with van der Waals surface area (Å²) in [5.74, 6) is -2.45. The number of carbonyl (C=O) groups is 4. The molecule has 2 aromatic rings. The Labute approximate surface area is 241 Å². The van der Waals surface area contributed by atoms with Crippen LogP contribution in [0.4, 0.5) is 0 Å². The van der Waals surface area contributed by atoms with Crippen LogP contribution in [0.25, 0.3) is 0 Å². The molecule has 3 amide bonds. The third kappa shape index (κ3) is 11.3. The molecule has 4 N–H and O–H groups in total. The number of carbonyl (C=O) groups excluding carboxylic acids is 3. The normalized spacial score (nSPS) is 15.9. The van der Waals surface area contributed by atoms with E-state index in [1.165, 1.54) is 0 Å². The minimum absolute atomic E-state index is 0.0436. The van der Waals surface area contributed by atoms with Crippen molar-refractivity contribution >= 4 is 23.7 Å². The number of benzene rings is 2. The lowest BCUT2D eigenvalue weighted by Gasteiger charge is -2.28. The van der Waals surface area contributed by atoms with Crippen LogP contribution in [0.5, 0.6) is 0 Å². The summed E-state index contributed by atoms with van der Waals surface area (Å²) in [6, 6.07) is 15.7. The molecule has 0 bridgehead atoms. The van der Waals surface area contributed by atoms with Gasteiger partial charge in [-0.15, -0.1) is 0 Å². The topological polar surface area (TPSA) is 137 Å². The Kier molecular flexibility index (Phi) is 12.8. The van der Waals surface area contributed by atoms with E-state index < -0.39 is 35.9 Å². The van der Waals surface area contributed by atoms with Gasteiger partial charge in [-0.25, -0.2) is 4.79 Å². The van der Waals surface area contributed by atoms with E-state index in [1.54, 1.807) is 24.3 Å². The number of aryl methyl sites for hydroxylation is 1. The average molecular weight is 567 g/mol. The van der Waals surface area contributed by atoms with Gasteiger partial charge in [0, 0.05) is 19.5 Å². The van der Waals surface area contributed by atoms with Crippen molar-refractivity contribution < 1.29 is 29.0 Å². The Morgan fingerprint density at radius 3 is 1.95 bits per heavy atom. The third-order valence-electron chi connectivity index (χ3n) is 6.92. The summed E-state index contributed by atoms with van der Waals surface area (Å²) in [7, 11) is 0. The van der Waals surface area contributed by atoms with E-state index in [9.17, 15) is 24.3 Å². The number of amides is 3. The van der Waals surface area contributed by atoms with E-state index in [1.807, 2.05) is 55.1 Å². The van der Waals surface area contributed by atoms with Gasteiger partial charge in [-0.3, -0.25) is 19.3 Å². The van der Waals surface area contributed by atoms with Crippen molar-refractivity contribution in [3.05, 3.63) is 71.8 Å². The fraction of sp³-hybridized carbons (Fsp3) is 0.484. The van der Waals surface area contributed by atoms with Crippen LogP contribution in [-0.4, -0.2) is 84.7 Å². The number of aliphatic carboxylic acids is 1. The molecule has 222 valence electrons. The van der Waals surface area contributed by atoms with E-state index in [4.69, 9.17) is 4.74 Å². The van der Waals surface area contributed by atoms with Gasteiger partial charge in [0.2, 0.25) is 17.7 Å². The van der Waals surface area contributed by atoms with Crippen LogP contribution >= 0.6 is 0 Å². The Morgan fingerprint density at radius 1 is 0.805 bits per heavy atom. The highest BCUT2D eigenvalue weighted by atomic mass is 16.5. The van der Waals surface area contributed by atoms with E-state index in [0.717, 1.165) is 11.1 Å². The average Bonchev–Trinajstić information content (AvgIpc) is 2.95. The van der Waals surface area contributed by atoms with Gasteiger partial charge in [0.25, 0.3) is 0 Å². The van der Waals surface area contributed by atoms with Gasteiger partial charge in [-0.1, -0.05) is 74.5 Å². The molecular formula is C31H42N4O6. The third-order valence-corrected chi connectivity index (χ3v) is 6.92. The van der Waals surface area contributed by atoms with Gasteiger partial charge in [-0.05, 0) is 36.3 Å². The number of rotatable bonds is 15. The van der Waals surface area contributed by atoms with Crippen LogP contribution in [0.2, 0.25) is 0 Å². The van der Waals surface area contributed by atoms with E-state index >= 15 is 0 Å². The number of carboxylic acid groups (broad SMARTS) is 1. The molecule has 0 radical (unpaired) electrons. The second kappa shape index (κ2) is 16.5. The van der Waals surface area contributed by atoms with Crippen molar-refractivity contribution in [3.63, 3.8) is 0 Å². The molecule has 3 atom stereocenters. The van der Waals surface area contributed by atoms with Crippen LogP contribution in [-0.2, 0) is 36.8 Å². The lowest BCUT2D eigenvalue weighted by molar-refractivity contribution is -0.142. The lowest BCUT2D eigenvalue weighted by Crippen LogP contribution is -2.57. The first-order valence-electron chi connectivity index (χ1n) is 14.2. The molecule has 0 spiro atoms. The maximum atomic E-state index is 13.5. The van der Waals surface area contributed by atoms with Gasteiger partial charge in [0.15, 0.2) is 0 Å². The molecule has 41 heavy (non-hydrogen) atoms. The molecule has 1 aliphatic rings. The molecule has 1 heterocycles. The number of nitrogens with one attached hydrogen (secondary N) is 3. The summed E-state index contributed by atoms with van der Waals surface area (Å²) in [6.07, 6.45) is 1.31. The van der Waals surface area contributed by atoms with Crippen LogP contribution in [0, 0.1) is 5.92 Å². The molecule has 0 saturated carbocycles. The predicted octanol–water partition coefficient (Wildman–Crippen LogP) is 1.78. The first kappa shape index (κ1) is 31.8. The smallest absolute Gasteiger partial charge is 0.326 e. The largest absolute Gasteiger partial charge is 0.480 e. The summed E-state index contributed by atoms with van der Waals surface area (Å²) in [5, 5.41) is 18.1. The monoisotopic (exact) mass is 566 g/mol.